The third-order valence-corrected chi connectivity index (χ3v) is 9.10. The monoisotopic (exact) mass is 508 g/mol. The van der Waals surface area contributed by atoms with Crippen molar-refractivity contribution in [1.29, 1.82) is 0 Å². The minimum absolute atomic E-state index is 0.115. The van der Waals surface area contributed by atoms with Crippen LogP contribution in [0.2, 0.25) is 0 Å². The molecule has 33 heavy (non-hydrogen) atoms. The standard InChI is InChI=1S/C24H45ClN2O5S/c1-14(25)18(22-20(29)19(28)21(30)24(32-22)33-2)27-23(31)17-11-10-16(12-13-26-17)9-5-8-15-6-3-4-7-15/h14-24,26-31H,3-13H2,1-2H3/t14-,16-,17-,18+,19?,20?,21+,22+,23?,24?/m0/s1. The first-order valence-corrected chi connectivity index (χ1v) is 14.6. The smallest absolute Gasteiger partial charge is 0.132 e. The van der Waals surface area contributed by atoms with Gasteiger partial charge in [0.25, 0.3) is 0 Å². The summed E-state index contributed by atoms with van der Waals surface area (Å²) in [7, 11) is 0. The van der Waals surface area contributed by atoms with Gasteiger partial charge in [-0.3, -0.25) is 5.32 Å². The van der Waals surface area contributed by atoms with E-state index in [1.54, 1.807) is 13.2 Å². The fourth-order valence-electron chi connectivity index (χ4n) is 5.85. The molecule has 6 N–H and O–H groups in total. The molecule has 4 unspecified atom stereocenters. The van der Waals surface area contributed by atoms with E-state index >= 15 is 0 Å². The molecule has 3 aliphatic rings. The average molecular weight is 509 g/mol. The normalized spacial score (nSPS) is 39.2. The quantitative estimate of drug-likeness (QED) is 0.196. The van der Waals surface area contributed by atoms with Crippen molar-refractivity contribution in [3.05, 3.63) is 0 Å². The number of hydrogen-bond acceptors (Lipinski definition) is 8. The fraction of sp³-hybridized carbons (Fsp3) is 1.00. The Morgan fingerprint density at radius 1 is 1.00 bits per heavy atom. The summed E-state index contributed by atoms with van der Waals surface area (Å²) >= 11 is 7.70. The van der Waals surface area contributed by atoms with E-state index in [-0.39, 0.29) is 6.04 Å². The first-order valence-electron chi connectivity index (χ1n) is 12.9. The molecule has 0 aromatic heterocycles. The van der Waals surface area contributed by atoms with Gasteiger partial charge in [-0.1, -0.05) is 44.9 Å². The summed E-state index contributed by atoms with van der Waals surface area (Å²) in [6, 6.07) is -0.712. The molecular weight excluding hydrogens is 464 g/mol. The number of nitrogens with one attached hydrogen (secondary N) is 2. The van der Waals surface area contributed by atoms with Gasteiger partial charge in [-0.15, -0.1) is 23.4 Å². The van der Waals surface area contributed by atoms with Crippen molar-refractivity contribution < 1.29 is 25.2 Å². The Morgan fingerprint density at radius 2 is 1.67 bits per heavy atom. The van der Waals surface area contributed by atoms with Gasteiger partial charge in [0.1, 0.15) is 36.1 Å². The Kier molecular flexibility index (Phi) is 11.5. The van der Waals surface area contributed by atoms with Crippen molar-refractivity contribution >= 4 is 23.4 Å². The summed E-state index contributed by atoms with van der Waals surface area (Å²) in [4.78, 5) is 0. The van der Waals surface area contributed by atoms with E-state index in [1.807, 2.05) is 0 Å². The molecule has 0 aromatic rings. The summed E-state index contributed by atoms with van der Waals surface area (Å²) < 4.78 is 5.89. The Balaban J connectivity index is 1.50. The number of alkyl halides is 1. The third kappa shape index (κ3) is 7.67. The zero-order chi connectivity index (χ0) is 24.0. The second-order valence-electron chi connectivity index (χ2n) is 10.4. The number of halogens is 1. The van der Waals surface area contributed by atoms with Gasteiger partial charge in [-0.2, -0.15) is 0 Å². The SMILES string of the molecule is CSC1O[C@H]([C@H](NC(O)[C@@H]2CC[C@H](CCCC3CCCC3)CCN2)[C@H](C)Cl)C(O)C(O)[C@H]1O. The molecule has 7 nitrogen and oxygen atoms in total. The van der Waals surface area contributed by atoms with Gasteiger partial charge in [-0.25, -0.2) is 0 Å². The van der Waals surface area contributed by atoms with Gasteiger partial charge in [0.05, 0.1) is 6.04 Å². The average Bonchev–Trinajstić information content (AvgIpc) is 3.20. The predicted octanol–water partition coefficient (Wildman–Crippen LogP) is 2.18. The topological polar surface area (TPSA) is 114 Å². The third-order valence-electron chi connectivity index (χ3n) is 7.98. The van der Waals surface area contributed by atoms with E-state index in [9.17, 15) is 20.4 Å². The van der Waals surface area contributed by atoms with Crippen LogP contribution in [0.5, 0.6) is 0 Å². The molecule has 10 atom stereocenters. The van der Waals surface area contributed by atoms with Crippen LogP contribution >= 0.6 is 23.4 Å². The van der Waals surface area contributed by atoms with Crippen molar-refractivity contribution in [1.82, 2.24) is 10.6 Å². The summed E-state index contributed by atoms with van der Waals surface area (Å²) in [5.74, 6) is 1.64. The van der Waals surface area contributed by atoms with E-state index in [4.69, 9.17) is 16.3 Å². The van der Waals surface area contributed by atoms with Crippen molar-refractivity contribution in [2.24, 2.45) is 11.8 Å². The summed E-state index contributed by atoms with van der Waals surface area (Å²) in [5, 5.41) is 48.2. The van der Waals surface area contributed by atoms with Gasteiger partial charge >= 0.3 is 0 Å². The lowest BCUT2D eigenvalue weighted by Gasteiger charge is -2.44. The molecule has 1 saturated carbocycles. The number of aliphatic hydroxyl groups excluding tert-OH is 4. The van der Waals surface area contributed by atoms with Crippen LogP contribution in [0, 0.1) is 11.8 Å². The number of aliphatic hydroxyl groups is 4. The van der Waals surface area contributed by atoms with Gasteiger partial charge in [-0.05, 0) is 50.8 Å². The molecule has 3 fully saturated rings. The Hall–Kier alpha value is 0.360. The van der Waals surface area contributed by atoms with Crippen LogP contribution in [0.3, 0.4) is 0 Å². The van der Waals surface area contributed by atoms with Gasteiger partial charge in [0, 0.05) is 11.4 Å². The molecule has 0 bridgehead atoms. The van der Waals surface area contributed by atoms with Gasteiger partial charge in [0.2, 0.25) is 0 Å². The number of thioether (sulfide) groups is 1. The van der Waals surface area contributed by atoms with Crippen LogP contribution in [0.1, 0.15) is 71.1 Å². The van der Waals surface area contributed by atoms with Crippen LogP contribution < -0.4 is 10.6 Å². The lowest BCUT2D eigenvalue weighted by molar-refractivity contribution is -0.207. The molecule has 0 spiro atoms. The molecule has 2 saturated heterocycles. The molecule has 9 heteroatoms. The number of ether oxygens (including phenoxy) is 1. The fourth-order valence-corrected chi connectivity index (χ4v) is 6.75. The molecule has 3 rings (SSSR count). The highest BCUT2D eigenvalue weighted by atomic mass is 35.5. The zero-order valence-corrected chi connectivity index (χ0v) is 21.7. The van der Waals surface area contributed by atoms with E-state index in [0.29, 0.717) is 5.92 Å². The minimum Gasteiger partial charge on any atom is -0.388 e. The zero-order valence-electron chi connectivity index (χ0n) is 20.1. The molecular formula is C24H45ClN2O5S. The second kappa shape index (κ2) is 13.6. The Morgan fingerprint density at radius 3 is 2.30 bits per heavy atom. The van der Waals surface area contributed by atoms with Gasteiger partial charge < -0.3 is 30.5 Å². The molecule has 2 aliphatic heterocycles. The van der Waals surface area contributed by atoms with Gasteiger partial charge in [0.15, 0.2) is 0 Å². The maximum Gasteiger partial charge on any atom is 0.132 e. The van der Waals surface area contributed by atoms with Crippen LogP contribution in [-0.2, 0) is 4.74 Å². The van der Waals surface area contributed by atoms with Crippen molar-refractivity contribution in [2.75, 3.05) is 12.8 Å². The molecule has 0 amide bonds. The molecule has 2 heterocycles. The summed E-state index contributed by atoms with van der Waals surface area (Å²) in [6.45, 7) is 2.65. The molecule has 0 aromatic carbocycles. The van der Waals surface area contributed by atoms with Crippen molar-refractivity contribution in [2.45, 2.75) is 125 Å². The minimum atomic E-state index is -1.33. The van der Waals surface area contributed by atoms with E-state index in [2.05, 4.69) is 10.6 Å². The lowest BCUT2D eigenvalue weighted by Crippen LogP contribution is -2.66. The number of hydrogen-bond donors (Lipinski definition) is 6. The Bertz CT molecular complexity index is 569. The first-order chi connectivity index (χ1) is 15.8. The number of rotatable bonds is 10. The largest absolute Gasteiger partial charge is 0.388 e. The van der Waals surface area contributed by atoms with E-state index < -0.39 is 47.5 Å². The van der Waals surface area contributed by atoms with Crippen molar-refractivity contribution in [3.63, 3.8) is 0 Å². The Labute approximate surface area is 208 Å². The lowest BCUT2D eigenvalue weighted by atomic mass is 9.90. The molecule has 1 aliphatic carbocycles. The summed E-state index contributed by atoms with van der Waals surface area (Å²) in [6.07, 6.45) is 8.94. The highest BCUT2D eigenvalue weighted by Crippen LogP contribution is 2.32. The van der Waals surface area contributed by atoms with E-state index in [1.165, 1.54) is 56.7 Å². The maximum atomic E-state index is 11.0. The first kappa shape index (κ1) is 27.9. The molecule has 0 radical (unpaired) electrons. The van der Waals surface area contributed by atoms with E-state index in [0.717, 1.165) is 31.7 Å². The predicted molar refractivity (Wildman–Crippen MR) is 133 cm³/mol. The maximum absolute atomic E-state index is 11.0. The van der Waals surface area contributed by atoms with Crippen LogP contribution in [0.4, 0.5) is 0 Å². The highest BCUT2D eigenvalue weighted by Gasteiger charge is 2.48. The summed E-state index contributed by atoms with van der Waals surface area (Å²) in [5.41, 5.74) is -0.675. The van der Waals surface area contributed by atoms with Crippen molar-refractivity contribution in [3.8, 4) is 0 Å². The van der Waals surface area contributed by atoms with Crippen LogP contribution in [-0.4, -0.2) is 86.8 Å². The van der Waals surface area contributed by atoms with Crippen LogP contribution in [0.25, 0.3) is 0 Å². The highest BCUT2D eigenvalue weighted by molar-refractivity contribution is 7.99. The second-order valence-corrected chi connectivity index (χ2v) is 12.0. The molecule has 194 valence electrons. The van der Waals surface area contributed by atoms with Crippen LogP contribution in [0.15, 0.2) is 0 Å².